The third-order valence-electron chi connectivity index (χ3n) is 2.80. The number of methoxy groups -OCH3 is 1. The van der Waals surface area contributed by atoms with Crippen LogP contribution in [0.15, 0.2) is 18.2 Å². The number of aromatic hydroxyl groups is 1. The van der Waals surface area contributed by atoms with Crippen LogP contribution >= 0.6 is 0 Å². The molecule has 0 heterocycles. The number of nitrogens with one attached hydrogen (secondary N) is 2. The maximum absolute atomic E-state index is 11.4. The Balaban J connectivity index is 2.35. The van der Waals surface area contributed by atoms with Gasteiger partial charge in [0.05, 0.1) is 7.11 Å². The van der Waals surface area contributed by atoms with E-state index in [0.717, 1.165) is 18.4 Å². The molecule has 0 aromatic heterocycles. The van der Waals surface area contributed by atoms with Crippen molar-refractivity contribution in [1.29, 1.82) is 0 Å². The summed E-state index contributed by atoms with van der Waals surface area (Å²) in [5, 5.41) is 15.4. The van der Waals surface area contributed by atoms with Gasteiger partial charge < -0.3 is 20.5 Å². The van der Waals surface area contributed by atoms with E-state index in [-0.39, 0.29) is 11.8 Å². The molecule has 0 unspecified atom stereocenters. The van der Waals surface area contributed by atoms with Crippen LogP contribution in [0.5, 0.6) is 11.5 Å². The first-order chi connectivity index (χ1) is 9.19. The molecule has 0 aliphatic carbocycles. The number of rotatable bonds is 7. The van der Waals surface area contributed by atoms with E-state index in [2.05, 4.69) is 17.6 Å². The van der Waals surface area contributed by atoms with Crippen molar-refractivity contribution in [2.24, 2.45) is 0 Å². The Morgan fingerprint density at radius 2 is 2.05 bits per heavy atom. The van der Waals surface area contributed by atoms with Crippen LogP contribution in [0, 0.1) is 0 Å². The predicted octanol–water partition coefficient (Wildman–Crippen LogP) is 2.04. The van der Waals surface area contributed by atoms with E-state index in [1.165, 1.54) is 7.11 Å². The highest BCUT2D eigenvalue weighted by Gasteiger charge is 2.07. The highest BCUT2D eigenvalue weighted by atomic mass is 16.5. The summed E-state index contributed by atoms with van der Waals surface area (Å²) in [4.78, 5) is 11.4. The first kappa shape index (κ1) is 15.1. The topological polar surface area (TPSA) is 70.6 Å². The molecule has 106 valence electrons. The van der Waals surface area contributed by atoms with Gasteiger partial charge in [-0.1, -0.05) is 25.5 Å². The van der Waals surface area contributed by atoms with Crippen LogP contribution in [0.25, 0.3) is 0 Å². The van der Waals surface area contributed by atoms with E-state index in [1.807, 2.05) is 12.1 Å². The molecule has 0 aliphatic heterocycles. The average Bonchev–Trinajstić information content (AvgIpc) is 2.41. The normalized spacial score (nSPS) is 10.0. The molecule has 0 fully saturated rings. The number of hydrogen-bond acceptors (Lipinski definition) is 3. The number of urea groups is 1. The summed E-state index contributed by atoms with van der Waals surface area (Å²) in [6.07, 6.45) is 2.59. The van der Waals surface area contributed by atoms with Gasteiger partial charge in [-0.05, 0) is 24.5 Å². The van der Waals surface area contributed by atoms with Gasteiger partial charge in [-0.3, -0.25) is 0 Å². The van der Waals surface area contributed by atoms with Crippen LogP contribution in [0.3, 0.4) is 0 Å². The second-order valence-corrected chi connectivity index (χ2v) is 4.25. The lowest BCUT2D eigenvalue weighted by Crippen LogP contribution is -2.37. The third-order valence-corrected chi connectivity index (χ3v) is 2.80. The number of carbonyl (C=O) groups excluding carboxylic acids is 1. The molecule has 5 nitrogen and oxygen atoms in total. The number of ether oxygens (including phenoxy) is 1. The molecular weight excluding hydrogens is 244 g/mol. The number of benzene rings is 1. The number of hydrogen-bond donors (Lipinski definition) is 3. The van der Waals surface area contributed by atoms with Gasteiger partial charge in [-0.15, -0.1) is 0 Å². The lowest BCUT2D eigenvalue weighted by molar-refractivity contribution is 0.241. The second-order valence-electron chi connectivity index (χ2n) is 4.25. The van der Waals surface area contributed by atoms with Crippen LogP contribution in [-0.2, 0) is 6.42 Å². The van der Waals surface area contributed by atoms with Gasteiger partial charge in [0.15, 0.2) is 11.5 Å². The minimum atomic E-state index is -0.171. The van der Waals surface area contributed by atoms with Crippen molar-refractivity contribution in [3.8, 4) is 11.5 Å². The molecule has 0 radical (unpaired) electrons. The Labute approximate surface area is 114 Å². The number of unbranched alkanes of at least 4 members (excludes halogenated alkanes) is 1. The lowest BCUT2D eigenvalue weighted by atomic mass is 10.1. The van der Waals surface area contributed by atoms with Crippen molar-refractivity contribution >= 4 is 6.03 Å². The van der Waals surface area contributed by atoms with Gasteiger partial charge in [0.1, 0.15) is 0 Å². The fraction of sp³-hybridized carbons (Fsp3) is 0.500. The Hall–Kier alpha value is -1.91. The zero-order valence-electron chi connectivity index (χ0n) is 11.5. The molecular formula is C14H22N2O3. The maximum Gasteiger partial charge on any atom is 0.314 e. The van der Waals surface area contributed by atoms with Crippen LogP contribution in [0.4, 0.5) is 4.79 Å². The van der Waals surface area contributed by atoms with E-state index in [4.69, 9.17) is 4.74 Å². The van der Waals surface area contributed by atoms with Crippen LogP contribution in [0.2, 0.25) is 0 Å². The summed E-state index contributed by atoms with van der Waals surface area (Å²) in [7, 11) is 1.51. The second kappa shape index (κ2) is 8.24. The molecule has 0 atom stereocenters. The van der Waals surface area contributed by atoms with Crippen molar-refractivity contribution in [2.75, 3.05) is 20.2 Å². The van der Waals surface area contributed by atoms with Crippen molar-refractivity contribution < 1.29 is 14.6 Å². The highest BCUT2D eigenvalue weighted by Crippen LogP contribution is 2.29. The predicted molar refractivity (Wildman–Crippen MR) is 74.7 cm³/mol. The molecule has 0 spiro atoms. The van der Waals surface area contributed by atoms with E-state index in [9.17, 15) is 9.90 Å². The van der Waals surface area contributed by atoms with Crippen molar-refractivity contribution in [2.45, 2.75) is 26.2 Å². The minimum absolute atomic E-state index is 0.137. The van der Waals surface area contributed by atoms with Gasteiger partial charge >= 0.3 is 6.03 Å². The summed E-state index contributed by atoms with van der Waals surface area (Å²) in [6, 6.07) is 5.16. The van der Waals surface area contributed by atoms with Gasteiger partial charge in [0, 0.05) is 13.1 Å². The third kappa shape index (κ3) is 5.07. The Kier molecular flexibility index (Phi) is 6.57. The highest BCUT2D eigenvalue weighted by molar-refractivity contribution is 5.73. The quantitative estimate of drug-likeness (QED) is 0.661. The van der Waals surface area contributed by atoms with E-state index in [1.54, 1.807) is 6.07 Å². The fourth-order valence-electron chi connectivity index (χ4n) is 1.69. The number of para-hydroxylation sites is 1. The molecule has 19 heavy (non-hydrogen) atoms. The lowest BCUT2D eigenvalue weighted by Gasteiger charge is -2.10. The monoisotopic (exact) mass is 266 g/mol. The van der Waals surface area contributed by atoms with Crippen LogP contribution < -0.4 is 15.4 Å². The summed E-state index contributed by atoms with van der Waals surface area (Å²) >= 11 is 0. The number of phenols is 1. The number of carbonyl (C=O) groups is 1. The van der Waals surface area contributed by atoms with Crippen molar-refractivity contribution in [3.05, 3.63) is 23.8 Å². The molecule has 0 aliphatic rings. The first-order valence-corrected chi connectivity index (χ1v) is 6.55. The molecule has 1 aromatic rings. The molecule has 0 saturated heterocycles. The molecule has 1 rings (SSSR count). The zero-order chi connectivity index (χ0) is 14.1. The summed E-state index contributed by atoms with van der Waals surface area (Å²) < 4.78 is 5.03. The van der Waals surface area contributed by atoms with Gasteiger partial charge in [-0.2, -0.15) is 0 Å². The number of phenolic OH excluding ortho intramolecular Hbond substituents is 1. The molecule has 3 N–H and O–H groups in total. The molecule has 1 aromatic carbocycles. The van der Waals surface area contributed by atoms with Gasteiger partial charge in [0.2, 0.25) is 0 Å². The molecule has 5 heteroatoms. The Bertz CT molecular complexity index is 408. The standard InChI is InChI=1S/C14H22N2O3/c1-3-4-9-15-14(18)16-10-8-11-6-5-7-12(19-2)13(11)17/h5-7,17H,3-4,8-10H2,1-2H3,(H2,15,16,18). The van der Waals surface area contributed by atoms with Crippen LogP contribution in [0.1, 0.15) is 25.3 Å². The Morgan fingerprint density at radius 3 is 2.74 bits per heavy atom. The van der Waals surface area contributed by atoms with Crippen molar-refractivity contribution in [1.82, 2.24) is 10.6 Å². The van der Waals surface area contributed by atoms with Crippen LogP contribution in [-0.4, -0.2) is 31.3 Å². The average molecular weight is 266 g/mol. The SMILES string of the molecule is CCCCNC(=O)NCCc1cccc(OC)c1O. The van der Waals surface area contributed by atoms with Gasteiger partial charge in [0.25, 0.3) is 0 Å². The Morgan fingerprint density at radius 1 is 1.32 bits per heavy atom. The zero-order valence-corrected chi connectivity index (χ0v) is 11.5. The summed E-state index contributed by atoms with van der Waals surface area (Å²) in [5.41, 5.74) is 0.758. The van der Waals surface area contributed by atoms with Crippen molar-refractivity contribution in [3.63, 3.8) is 0 Å². The summed E-state index contributed by atoms with van der Waals surface area (Å²) in [6.45, 7) is 3.23. The largest absolute Gasteiger partial charge is 0.504 e. The molecule has 2 amide bonds. The molecule has 0 saturated carbocycles. The van der Waals surface area contributed by atoms with E-state index >= 15 is 0 Å². The molecule has 0 bridgehead atoms. The van der Waals surface area contributed by atoms with E-state index in [0.29, 0.717) is 25.3 Å². The fourth-order valence-corrected chi connectivity index (χ4v) is 1.69. The van der Waals surface area contributed by atoms with E-state index < -0.39 is 0 Å². The number of amides is 2. The smallest absolute Gasteiger partial charge is 0.314 e. The first-order valence-electron chi connectivity index (χ1n) is 6.55. The maximum atomic E-state index is 11.4. The van der Waals surface area contributed by atoms with Gasteiger partial charge in [-0.25, -0.2) is 4.79 Å². The summed E-state index contributed by atoms with van der Waals surface area (Å²) in [5.74, 6) is 0.586. The minimum Gasteiger partial charge on any atom is -0.504 e.